The second-order valence-corrected chi connectivity index (χ2v) is 3.90. The molecule has 0 bridgehead atoms. The molecule has 0 nitrogen and oxygen atoms in total. The van der Waals surface area contributed by atoms with E-state index in [4.69, 9.17) is 0 Å². The van der Waals surface area contributed by atoms with E-state index >= 15 is 0 Å². The lowest BCUT2D eigenvalue weighted by Gasteiger charge is -2.23. The molecular formula is C9H14F6. The molecule has 0 aromatic carbocycles. The van der Waals surface area contributed by atoms with Crippen LogP contribution in [-0.4, -0.2) is 12.4 Å². The molecule has 0 radical (unpaired) electrons. The van der Waals surface area contributed by atoms with E-state index in [9.17, 15) is 26.3 Å². The summed E-state index contributed by atoms with van der Waals surface area (Å²) >= 11 is 0. The van der Waals surface area contributed by atoms with Gasteiger partial charge in [-0.25, -0.2) is 0 Å². The Morgan fingerprint density at radius 1 is 0.933 bits per heavy atom. The number of halogens is 6. The Hall–Kier alpha value is -0.420. The molecule has 0 saturated heterocycles. The van der Waals surface area contributed by atoms with Crippen molar-refractivity contribution < 1.29 is 26.3 Å². The number of hydrogen-bond acceptors (Lipinski definition) is 0. The van der Waals surface area contributed by atoms with E-state index in [1.165, 1.54) is 13.8 Å². The third-order valence-electron chi connectivity index (χ3n) is 2.20. The van der Waals surface area contributed by atoms with Crippen molar-refractivity contribution in [2.75, 3.05) is 0 Å². The Labute approximate surface area is 84.7 Å². The summed E-state index contributed by atoms with van der Waals surface area (Å²) in [6, 6.07) is 0. The lowest BCUT2D eigenvalue weighted by Crippen LogP contribution is -2.28. The maximum Gasteiger partial charge on any atom is 0.392 e. The highest BCUT2D eigenvalue weighted by Gasteiger charge is 2.41. The minimum absolute atomic E-state index is 0.458. The van der Waals surface area contributed by atoms with Crippen LogP contribution in [0.2, 0.25) is 0 Å². The second-order valence-electron chi connectivity index (χ2n) is 3.90. The van der Waals surface area contributed by atoms with Gasteiger partial charge >= 0.3 is 12.4 Å². The van der Waals surface area contributed by atoms with Gasteiger partial charge in [-0.2, -0.15) is 26.3 Å². The van der Waals surface area contributed by atoms with Crippen molar-refractivity contribution in [3.8, 4) is 0 Å². The quantitative estimate of drug-likeness (QED) is 0.628. The van der Waals surface area contributed by atoms with Crippen LogP contribution in [0.1, 0.15) is 33.1 Å². The normalized spacial score (nSPS) is 15.8. The highest BCUT2D eigenvalue weighted by molar-refractivity contribution is 4.71. The predicted octanol–water partition coefficient (Wildman–Crippen LogP) is 4.55. The maximum absolute atomic E-state index is 12.3. The van der Waals surface area contributed by atoms with Crippen LogP contribution in [0, 0.1) is 11.8 Å². The van der Waals surface area contributed by atoms with Gasteiger partial charge in [-0.3, -0.25) is 0 Å². The van der Waals surface area contributed by atoms with Gasteiger partial charge in [0.1, 0.15) is 0 Å². The molecule has 0 spiro atoms. The molecule has 0 N–H and O–H groups in total. The van der Waals surface area contributed by atoms with Crippen molar-refractivity contribution in [2.45, 2.75) is 45.5 Å². The van der Waals surface area contributed by atoms with Crippen LogP contribution in [0.5, 0.6) is 0 Å². The predicted molar refractivity (Wildman–Crippen MR) is 44.3 cm³/mol. The fourth-order valence-electron chi connectivity index (χ4n) is 1.40. The van der Waals surface area contributed by atoms with Gasteiger partial charge in [0, 0.05) is 6.42 Å². The standard InChI is InChI=1S/C9H14F6/c1-6(2)7(9(13,14)15)4-3-5-8(10,11)12/h6-7H,3-5H2,1-2H3. The van der Waals surface area contributed by atoms with Crippen LogP contribution in [0.25, 0.3) is 0 Å². The van der Waals surface area contributed by atoms with E-state index in [0.717, 1.165) is 0 Å². The van der Waals surface area contributed by atoms with E-state index in [0.29, 0.717) is 0 Å². The summed E-state index contributed by atoms with van der Waals surface area (Å²) in [5.41, 5.74) is 0. The van der Waals surface area contributed by atoms with E-state index in [-0.39, 0.29) is 0 Å². The summed E-state index contributed by atoms with van der Waals surface area (Å²) in [4.78, 5) is 0. The molecule has 0 amide bonds. The van der Waals surface area contributed by atoms with Crippen LogP contribution in [0.4, 0.5) is 26.3 Å². The lowest BCUT2D eigenvalue weighted by molar-refractivity contribution is -0.191. The third-order valence-corrected chi connectivity index (χ3v) is 2.20. The number of hydrogen-bond donors (Lipinski definition) is 0. The zero-order valence-corrected chi connectivity index (χ0v) is 8.54. The maximum atomic E-state index is 12.3. The number of rotatable bonds is 4. The second kappa shape index (κ2) is 5.07. The molecule has 0 aliphatic heterocycles. The van der Waals surface area contributed by atoms with Gasteiger partial charge < -0.3 is 0 Å². The average molecular weight is 236 g/mol. The summed E-state index contributed by atoms with van der Waals surface area (Å²) in [6.45, 7) is 2.73. The first kappa shape index (κ1) is 14.6. The monoisotopic (exact) mass is 236 g/mol. The van der Waals surface area contributed by atoms with Gasteiger partial charge in [0.2, 0.25) is 0 Å². The minimum Gasteiger partial charge on any atom is -0.171 e. The number of alkyl halides is 6. The van der Waals surface area contributed by atoms with Crippen molar-refractivity contribution in [1.82, 2.24) is 0 Å². The van der Waals surface area contributed by atoms with E-state index in [1.54, 1.807) is 0 Å². The molecule has 0 saturated carbocycles. The average Bonchev–Trinajstić information content (AvgIpc) is 1.92. The largest absolute Gasteiger partial charge is 0.392 e. The molecular weight excluding hydrogens is 222 g/mol. The Bertz CT molecular complexity index is 178. The van der Waals surface area contributed by atoms with Crippen LogP contribution < -0.4 is 0 Å². The molecule has 6 heteroatoms. The molecule has 0 aromatic rings. The van der Waals surface area contributed by atoms with Gasteiger partial charge in [0.25, 0.3) is 0 Å². The van der Waals surface area contributed by atoms with Crippen LogP contribution >= 0.6 is 0 Å². The molecule has 0 aliphatic carbocycles. The zero-order chi connectivity index (χ0) is 12.3. The highest BCUT2D eigenvalue weighted by Crippen LogP contribution is 2.36. The molecule has 0 heterocycles. The summed E-state index contributed by atoms with van der Waals surface area (Å²) in [6.07, 6.45) is -10.8. The molecule has 0 fully saturated rings. The Morgan fingerprint density at radius 2 is 1.40 bits per heavy atom. The summed E-state index contributed by atoms with van der Waals surface area (Å²) < 4.78 is 72.1. The van der Waals surface area contributed by atoms with Crippen LogP contribution in [0.15, 0.2) is 0 Å². The summed E-state index contributed by atoms with van der Waals surface area (Å²) in [5.74, 6) is -2.32. The van der Waals surface area contributed by atoms with Gasteiger partial charge in [-0.1, -0.05) is 13.8 Å². The first-order chi connectivity index (χ1) is 6.54. The van der Waals surface area contributed by atoms with Gasteiger partial charge in [-0.15, -0.1) is 0 Å². The van der Waals surface area contributed by atoms with Crippen molar-refractivity contribution in [1.29, 1.82) is 0 Å². The first-order valence-electron chi connectivity index (χ1n) is 4.67. The molecule has 15 heavy (non-hydrogen) atoms. The van der Waals surface area contributed by atoms with Crippen molar-refractivity contribution in [3.05, 3.63) is 0 Å². The van der Waals surface area contributed by atoms with Gasteiger partial charge in [-0.05, 0) is 18.8 Å². The van der Waals surface area contributed by atoms with Crippen molar-refractivity contribution >= 4 is 0 Å². The van der Waals surface area contributed by atoms with Crippen molar-refractivity contribution in [3.63, 3.8) is 0 Å². The molecule has 0 aliphatic rings. The topological polar surface area (TPSA) is 0 Å². The SMILES string of the molecule is CC(C)C(CCCC(F)(F)F)C(F)(F)F. The molecule has 92 valence electrons. The van der Waals surface area contributed by atoms with Crippen LogP contribution in [-0.2, 0) is 0 Å². The molecule has 1 atom stereocenters. The highest BCUT2D eigenvalue weighted by atomic mass is 19.4. The zero-order valence-electron chi connectivity index (χ0n) is 8.54. The summed E-state index contributed by atoms with van der Waals surface area (Å²) in [5, 5.41) is 0. The smallest absolute Gasteiger partial charge is 0.171 e. The fourth-order valence-corrected chi connectivity index (χ4v) is 1.40. The first-order valence-corrected chi connectivity index (χ1v) is 4.67. The third kappa shape index (κ3) is 6.62. The van der Waals surface area contributed by atoms with E-state index in [2.05, 4.69) is 0 Å². The van der Waals surface area contributed by atoms with Gasteiger partial charge in [0.15, 0.2) is 0 Å². The van der Waals surface area contributed by atoms with E-state index < -0.39 is 43.5 Å². The molecule has 0 aromatic heterocycles. The molecule has 0 rings (SSSR count). The van der Waals surface area contributed by atoms with E-state index in [1.807, 2.05) is 0 Å². The molecule has 1 unspecified atom stereocenters. The lowest BCUT2D eigenvalue weighted by atomic mass is 9.90. The Balaban J connectivity index is 4.11. The Kier molecular flexibility index (Phi) is 4.93. The summed E-state index contributed by atoms with van der Waals surface area (Å²) in [7, 11) is 0. The van der Waals surface area contributed by atoms with Crippen LogP contribution in [0.3, 0.4) is 0 Å². The fraction of sp³-hybridized carbons (Fsp3) is 1.00. The minimum atomic E-state index is -4.40. The Morgan fingerprint density at radius 3 is 1.67 bits per heavy atom. The van der Waals surface area contributed by atoms with Crippen molar-refractivity contribution in [2.24, 2.45) is 11.8 Å². The van der Waals surface area contributed by atoms with Gasteiger partial charge in [0.05, 0.1) is 5.92 Å².